The zero-order chi connectivity index (χ0) is 11.1. The van der Waals surface area contributed by atoms with Crippen LogP contribution in [0.15, 0.2) is 29.4 Å². The van der Waals surface area contributed by atoms with Crippen LogP contribution >= 0.6 is 11.8 Å². The fourth-order valence-corrected chi connectivity index (χ4v) is 2.65. The maximum Gasteiger partial charge on any atom is 0.101 e. The van der Waals surface area contributed by atoms with E-state index >= 15 is 0 Å². The van der Waals surface area contributed by atoms with Crippen LogP contribution in [0.2, 0.25) is 0 Å². The third kappa shape index (κ3) is 5.73. The van der Waals surface area contributed by atoms with Gasteiger partial charge in [-0.3, -0.25) is 0 Å². The predicted molar refractivity (Wildman–Crippen MR) is 66.0 cm³/mol. The van der Waals surface area contributed by atoms with Gasteiger partial charge in [0.2, 0.25) is 0 Å². The van der Waals surface area contributed by atoms with Gasteiger partial charge in [0.1, 0.15) is 13.1 Å². The molecular formula is C12H19ClN2OS. The summed E-state index contributed by atoms with van der Waals surface area (Å²) in [4.78, 5) is 5.99. The summed E-state index contributed by atoms with van der Waals surface area (Å²) in [6.45, 7) is 5.48. The van der Waals surface area contributed by atoms with Gasteiger partial charge in [-0.2, -0.15) is 0 Å². The minimum atomic E-state index is 0. The van der Waals surface area contributed by atoms with Gasteiger partial charge in [-0.15, -0.1) is 11.8 Å². The van der Waals surface area contributed by atoms with Crippen LogP contribution < -0.4 is 17.3 Å². The summed E-state index contributed by atoms with van der Waals surface area (Å²) in [5, 5.41) is 1.14. The summed E-state index contributed by atoms with van der Waals surface area (Å²) in [5.41, 5.74) is 0. The molecule has 2 rings (SSSR count). The Morgan fingerprint density at radius 2 is 2.12 bits per heavy atom. The zero-order valence-electron chi connectivity index (χ0n) is 9.90. The Morgan fingerprint density at radius 3 is 2.82 bits per heavy atom. The van der Waals surface area contributed by atoms with Crippen molar-refractivity contribution in [1.29, 1.82) is 0 Å². The number of hydrogen-bond acceptors (Lipinski definition) is 3. The van der Waals surface area contributed by atoms with E-state index in [0.29, 0.717) is 0 Å². The fraction of sp³-hybridized carbons (Fsp3) is 0.583. The molecule has 1 aromatic heterocycles. The quantitative estimate of drug-likeness (QED) is 0.474. The number of rotatable bonds is 5. The Morgan fingerprint density at radius 1 is 1.29 bits per heavy atom. The topological polar surface area (TPSA) is 26.6 Å². The monoisotopic (exact) mass is 274 g/mol. The van der Waals surface area contributed by atoms with Gasteiger partial charge >= 0.3 is 0 Å². The molecule has 1 N–H and O–H groups in total. The number of hydrogen-bond donors (Lipinski definition) is 1. The third-order valence-electron chi connectivity index (χ3n) is 2.76. The van der Waals surface area contributed by atoms with Crippen molar-refractivity contribution in [2.24, 2.45) is 0 Å². The SMILES string of the molecule is [Cl-].c1ccc(SCCC[NH+]2CCOCC2)nc1. The maximum absolute atomic E-state index is 5.34. The van der Waals surface area contributed by atoms with E-state index in [4.69, 9.17) is 4.74 Å². The van der Waals surface area contributed by atoms with Gasteiger partial charge in [-0.05, 0) is 12.1 Å². The first-order valence-electron chi connectivity index (χ1n) is 5.90. The summed E-state index contributed by atoms with van der Waals surface area (Å²) in [6, 6.07) is 6.08. The van der Waals surface area contributed by atoms with E-state index in [1.165, 1.54) is 31.8 Å². The van der Waals surface area contributed by atoms with Gasteiger partial charge in [-0.1, -0.05) is 6.07 Å². The molecule has 1 aromatic rings. The second-order valence-electron chi connectivity index (χ2n) is 3.98. The van der Waals surface area contributed by atoms with Crippen LogP contribution in [0.25, 0.3) is 0 Å². The Labute approximate surface area is 113 Å². The molecule has 1 saturated heterocycles. The first kappa shape index (κ1) is 14.8. The van der Waals surface area contributed by atoms with E-state index in [1.54, 1.807) is 4.90 Å². The second kappa shape index (κ2) is 8.75. The van der Waals surface area contributed by atoms with Crippen molar-refractivity contribution in [2.75, 3.05) is 38.6 Å². The number of ether oxygens (including phenoxy) is 1. The van der Waals surface area contributed by atoms with Gasteiger partial charge in [0.15, 0.2) is 0 Å². The summed E-state index contributed by atoms with van der Waals surface area (Å²) in [6.07, 6.45) is 3.12. The van der Waals surface area contributed by atoms with Crippen LogP contribution in [0.5, 0.6) is 0 Å². The van der Waals surface area contributed by atoms with Crippen LogP contribution in [-0.2, 0) is 4.74 Å². The molecule has 0 radical (unpaired) electrons. The Bertz CT molecular complexity index is 294. The normalized spacial score (nSPS) is 16.5. The number of quaternary nitrogens is 1. The van der Waals surface area contributed by atoms with Crippen LogP contribution in [0.1, 0.15) is 6.42 Å². The largest absolute Gasteiger partial charge is 1.00 e. The predicted octanol–water partition coefficient (Wildman–Crippen LogP) is -2.52. The number of aromatic nitrogens is 1. The van der Waals surface area contributed by atoms with E-state index < -0.39 is 0 Å². The summed E-state index contributed by atoms with van der Waals surface area (Å²) < 4.78 is 5.34. The van der Waals surface area contributed by atoms with E-state index in [0.717, 1.165) is 18.2 Å². The zero-order valence-corrected chi connectivity index (χ0v) is 11.5. The molecule has 1 aliphatic rings. The first-order valence-corrected chi connectivity index (χ1v) is 6.89. The number of nitrogens with zero attached hydrogens (tertiary/aromatic N) is 1. The smallest absolute Gasteiger partial charge is 0.101 e. The van der Waals surface area contributed by atoms with E-state index in [-0.39, 0.29) is 12.4 Å². The minimum absolute atomic E-state index is 0. The van der Waals surface area contributed by atoms with Crippen LogP contribution in [0.4, 0.5) is 0 Å². The third-order valence-corrected chi connectivity index (χ3v) is 3.79. The van der Waals surface area contributed by atoms with Crippen molar-refractivity contribution < 1.29 is 22.0 Å². The van der Waals surface area contributed by atoms with Crippen molar-refractivity contribution in [3.8, 4) is 0 Å². The van der Waals surface area contributed by atoms with Crippen LogP contribution in [0.3, 0.4) is 0 Å². The molecule has 96 valence electrons. The lowest BCUT2D eigenvalue weighted by Crippen LogP contribution is -3.14. The lowest BCUT2D eigenvalue weighted by molar-refractivity contribution is -0.908. The summed E-state index contributed by atoms with van der Waals surface area (Å²) >= 11 is 1.85. The van der Waals surface area contributed by atoms with E-state index in [1.807, 2.05) is 30.1 Å². The molecule has 2 heterocycles. The number of pyridine rings is 1. The summed E-state index contributed by atoms with van der Waals surface area (Å²) in [7, 11) is 0. The number of halogens is 1. The highest BCUT2D eigenvalue weighted by atomic mass is 35.5. The molecule has 0 saturated carbocycles. The maximum atomic E-state index is 5.34. The highest BCUT2D eigenvalue weighted by molar-refractivity contribution is 7.99. The van der Waals surface area contributed by atoms with Crippen molar-refractivity contribution >= 4 is 11.8 Å². The lowest BCUT2D eigenvalue weighted by Gasteiger charge is -2.23. The molecule has 0 amide bonds. The number of nitrogens with one attached hydrogen (secondary N) is 1. The highest BCUT2D eigenvalue weighted by Crippen LogP contribution is 2.13. The lowest BCUT2D eigenvalue weighted by atomic mass is 10.4. The van der Waals surface area contributed by atoms with Crippen molar-refractivity contribution in [3.63, 3.8) is 0 Å². The Hall–Kier alpha value is -0.290. The molecule has 0 atom stereocenters. The second-order valence-corrected chi connectivity index (χ2v) is 5.10. The van der Waals surface area contributed by atoms with Gasteiger partial charge in [0, 0.05) is 18.4 Å². The molecule has 17 heavy (non-hydrogen) atoms. The molecule has 0 spiro atoms. The minimum Gasteiger partial charge on any atom is -1.00 e. The molecule has 5 heteroatoms. The highest BCUT2D eigenvalue weighted by Gasteiger charge is 2.12. The van der Waals surface area contributed by atoms with Gasteiger partial charge in [0.05, 0.1) is 24.8 Å². The van der Waals surface area contributed by atoms with Gasteiger partial charge in [0.25, 0.3) is 0 Å². The van der Waals surface area contributed by atoms with Crippen LogP contribution in [0, 0.1) is 0 Å². The molecule has 0 aliphatic carbocycles. The number of thioether (sulfide) groups is 1. The molecule has 1 fully saturated rings. The molecule has 0 bridgehead atoms. The standard InChI is InChI=1S/C12H18N2OS.ClH/c1-2-5-13-12(4-1)16-11-3-6-14-7-9-15-10-8-14;/h1-2,4-5H,3,6-11H2;1H. The average Bonchev–Trinajstić information content (AvgIpc) is 2.37. The number of morpholine rings is 1. The Kier molecular flexibility index (Phi) is 7.60. The van der Waals surface area contributed by atoms with Crippen molar-refractivity contribution in [2.45, 2.75) is 11.4 Å². The van der Waals surface area contributed by atoms with Crippen molar-refractivity contribution in [1.82, 2.24) is 4.98 Å². The summed E-state index contributed by atoms with van der Waals surface area (Å²) in [5.74, 6) is 1.17. The van der Waals surface area contributed by atoms with E-state index in [9.17, 15) is 0 Å². The molecule has 0 aromatic carbocycles. The first-order chi connectivity index (χ1) is 7.95. The molecule has 1 aliphatic heterocycles. The van der Waals surface area contributed by atoms with Crippen molar-refractivity contribution in [3.05, 3.63) is 24.4 Å². The average molecular weight is 275 g/mol. The molecular weight excluding hydrogens is 256 g/mol. The fourth-order valence-electron chi connectivity index (χ4n) is 1.84. The van der Waals surface area contributed by atoms with E-state index in [2.05, 4.69) is 11.1 Å². The van der Waals surface area contributed by atoms with Gasteiger partial charge in [-0.25, -0.2) is 4.98 Å². The van der Waals surface area contributed by atoms with Gasteiger partial charge < -0.3 is 22.0 Å². The Balaban J connectivity index is 0.00000144. The van der Waals surface area contributed by atoms with Crippen LogP contribution in [-0.4, -0.2) is 43.6 Å². The molecule has 0 unspecified atom stereocenters. The molecule has 3 nitrogen and oxygen atoms in total.